The van der Waals surface area contributed by atoms with Crippen molar-refractivity contribution in [3.05, 3.63) is 23.4 Å². The molecule has 0 atom stereocenters. The van der Waals surface area contributed by atoms with E-state index in [2.05, 4.69) is 15.6 Å². The summed E-state index contributed by atoms with van der Waals surface area (Å²) in [6.45, 7) is 0. The Balaban J connectivity index is 3.21. The molecule has 0 aliphatic rings. The summed E-state index contributed by atoms with van der Waals surface area (Å²) in [6.07, 6.45) is -3.91. The van der Waals surface area contributed by atoms with Crippen LogP contribution in [0, 0.1) is 11.8 Å². The molecule has 4 nitrogen and oxygen atoms in total. The number of pyridine rings is 1. The molecule has 18 heavy (non-hydrogen) atoms. The Bertz CT molecular complexity index is 514. The summed E-state index contributed by atoms with van der Waals surface area (Å²) < 4.78 is 46.3. The lowest BCUT2D eigenvalue weighted by Crippen LogP contribution is -2.07. The molecule has 0 unspecified atom stereocenters. The lowest BCUT2D eigenvalue weighted by atomic mass is 10.2. The Labute approximate surface area is 101 Å². The molecule has 0 spiro atoms. The van der Waals surface area contributed by atoms with Crippen molar-refractivity contribution in [2.75, 3.05) is 14.2 Å². The minimum Gasteiger partial charge on any atom is -0.480 e. The molecule has 0 N–H and O–H groups in total. The predicted octanol–water partition coefficient (Wildman–Crippen LogP) is 1.63. The van der Waals surface area contributed by atoms with Crippen molar-refractivity contribution < 1.29 is 27.4 Å². The minimum absolute atomic E-state index is 0.0978. The van der Waals surface area contributed by atoms with Crippen LogP contribution in [0.15, 0.2) is 12.3 Å². The maximum absolute atomic E-state index is 12.4. The second-order valence-corrected chi connectivity index (χ2v) is 3.02. The van der Waals surface area contributed by atoms with E-state index in [-0.39, 0.29) is 11.4 Å². The molecule has 0 saturated carbocycles. The second-order valence-electron chi connectivity index (χ2n) is 3.02. The van der Waals surface area contributed by atoms with Crippen LogP contribution in [0.2, 0.25) is 0 Å². The zero-order valence-corrected chi connectivity index (χ0v) is 9.46. The van der Waals surface area contributed by atoms with Gasteiger partial charge in [0.25, 0.3) is 0 Å². The first-order chi connectivity index (χ1) is 8.38. The van der Waals surface area contributed by atoms with Gasteiger partial charge in [0.15, 0.2) is 0 Å². The normalized spacial score (nSPS) is 10.3. The van der Waals surface area contributed by atoms with Crippen molar-refractivity contribution in [2.24, 2.45) is 0 Å². The number of rotatable bonds is 1. The number of carbonyl (C=O) groups is 1. The lowest BCUT2D eigenvalue weighted by molar-refractivity contribution is -0.138. The van der Waals surface area contributed by atoms with Crippen LogP contribution in [0.5, 0.6) is 5.88 Å². The van der Waals surface area contributed by atoms with Crippen LogP contribution in [0.1, 0.15) is 11.1 Å². The molecule has 1 rings (SSSR count). The lowest BCUT2D eigenvalue weighted by Gasteiger charge is -2.08. The van der Waals surface area contributed by atoms with E-state index >= 15 is 0 Å². The zero-order valence-electron chi connectivity index (χ0n) is 9.46. The number of esters is 1. The average molecular weight is 259 g/mol. The Morgan fingerprint density at radius 2 is 2.06 bits per heavy atom. The van der Waals surface area contributed by atoms with Crippen LogP contribution in [0.4, 0.5) is 13.2 Å². The van der Waals surface area contributed by atoms with Gasteiger partial charge in [0.05, 0.1) is 25.3 Å². The first kappa shape index (κ1) is 13.8. The van der Waals surface area contributed by atoms with E-state index in [1.54, 1.807) is 0 Å². The predicted molar refractivity (Wildman–Crippen MR) is 54.7 cm³/mol. The highest BCUT2D eigenvalue weighted by atomic mass is 19.4. The molecule has 0 amide bonds. The van der Waals surface area contributed by atoms with E-state index in [1.165, 1.54) is 7.11 Å². The third kappa shape index (κ3) is 3.38. The molecule has 1 aromatic heterocycles. The van der Waals surface area contributed by atoms with Crippen molar-refractivity contribution in [1.82, 2.24) is 4.98 Å². The summed E-state index contributed by atoms with van der Waals surface area (Å²) in [6, 6.07) is 0.752. The van der Waals surface area contributed by atoms with E-state index in [4.69, 9.17) is 4.74 Å². The summed E-state index contributed by atoms with van der Waals surface area (Å²) >= 11 is 0. The molecular weight excluding hydrogens is 251 g/mol. The Kier molecular flexibility index (Phi) is 4.15. The van der Waals surface area contributed by atoms with Gasteiger partial charge < -0.3 is 9.47 Å². The summed E-state index contributed by atoms with van der Waals surface area (Å²) in [5.74, 6) is 3.25. The number of hydrogen-bond donors (Lipinski definition) is 0. The van der Waals surface area contributed by atoms with Gasteiger partial charge in [-0.05, 0) is 12.0 Å². The van der Waals surface area contributed by atoms with Gasteiger partial charge in [0.1, 0.15) is 0 Å². The van der Waals surface area contributed by atoms with E-state index in [0.29, 0.717) is 6.20 Å². The monoisotopic (exact) mass is 259 g/mol. The summed E-state index contributed by atoms with van der Waals surface area (Å²) in [5.41, 5.74) is -1.12. The van der Waals surface area contributed by atoms with Gasteiger partial charge >= 0.3 is 12.1 Å². The fraction of sp³-hybridized carbons (Fsp3) is 0.273. The first-order valence-electron chi connectivity index (χ1n) is 4.59. The van der Waals surface area contributed by atoms with Crippen LogP contribution in [0.25, 0.3) is 0 Å². The highest BCUT2D eigenvalue weighted by Gasteiger charge is 2.31. The molecule has 0 fully saturated rings. The molecule has 96 valence electrons. The summed E-state index contributed by atoms with van der Waals surface area (Å²) in [7, 11) is 2.34. The molecule has 0 bridgehead atoms. The maximum atomic E-state index is 12.4. The van der Waals surface area contributed by atoms with Crippen LogP contribution >= 0.6 is 0 Å². The average Bonchev–Trinajstić information content (AvgIpc) is 2.34. The number of halogens is 3. The molecular formula is C11H8F3NO3. The molecule has 0 aliphatic heterocycles. The van der Waals surface area contributed by atoms with Crippen LogP contribution < -0.4 is 4.74 Å². The van der Waals surface area contributed by atoms with Gasteiger partial charge in [-0.25, -0.2) is 9.78 Å². The van der Waals surface area contributed by atoms with Crippen LogP contribution in [-0.2, 0) is 15.7 Å². The van der Waals surface area contributed by atoms with E-state index in [1.807, 2.05) is 5.92 Å². The molecule has 0 saturated heterocycles. The first-order valence-corrected chi connectivity index (χ1v) is 4.59. The van der Waals surface area contributed by atoms with Crippen molar-refractivity contribution in [1.29, 1.82) is 0 Å². The number of aromatic nitrogens is 1. The fourth-order valence-electron chi connectivity index (χ4n) is 1.03. The molecule has 1 aromatic rings. The van der Waals surface area contributed by atoms with Gasteiger partial charge in [-0.2, -0.15) is 13.2 Å². The third-order valence-corrected chi connectivity index (χ3v) is 1.86. The van der Waals surface area contributed by atoms with E-state index in [0.717, 1.165) is 13.2 Å². The number of ether oxygens (including phenoxy) is 2. The Morgan fingerprint density at radius 1 is 1.39 bits per heavy atom. The van der Waals surface area contributed by atoms with Gasteiger partial charge in [-0.3, -0.25) is 0 Å². The van der Waals surface area contributed by atoms with Crippen LogP contribution in [0.3, 0.4) is 0 Å². The quantitative estimate of drug-likeness (QED) is 0.568. The summed E-state index contributed by atoms with van der Waals surface area (Å²) in [4.78, 5) is 14.3. The van der Waals surface area contributed by atoms with Crippen LogP contribution in [-0.4, -0.2) is 25.2 Å². The number of methoxy groups -OCH3 is 2. The molecule has 7 heteroatoms. The third-order valence-electron chi connectivity index (χ3n) is 1.86. The molecule has 1 heterocycles. The van der Waals surface area contributed by atoms with Gasteiger partial charge in [0, 0.05) is 12.1 Å². The molecule has 0 radical (unpaired) electrons. The molecule has 0 aliphatic carbocycles. The Hall–Kier alpha value is -2.23. The van der Waals surface area contributed by atoms with Gasteiger partial charge in [0.2, 0.25) is 5.88 Å². The minimum atomic E-state index is -4.54. The van der Waals surface area contributed by atoms with Crippen molar-refractivity contribution in [2.45, 2.75) is 6.18 Å². The number of carbonyl (C=O) groups excluding carboxylic acids is 1. The highest BCUT2D eigenvalue weighted by molar-refractivity contribution is 5.89. The number of nitrogens with zero attached hydrogens (tertiary/aromatic N) is 1. The largest absolute Gasteiger partial charge is 0.480 e. The van der Waals surface area contributed by atoms with E-state index in [9.17, 15) is 18.0 Å². The molecule has 0 aromatic carbocycles. The Morgan fingerprint density at radius 3 is 2.56 bits per heavy atom. The fourth-order valence-corrected chi connectivity index (χ4v) is 1.03. The number of alkyl halides is 3. The standard InChI is InChI=1S/C11H8F3NO3/c1-17-9(16)4-3-7-5-8(11(12,13)14)6-15-10(7)18-2/h5-6H,1-2H3. The summed E-state index contributed by atoms with van der Waals surface area (Å²) in [5, 5.41) is 0. The van der Waals surface area contributed by atoms with Gasteiger partial charge in [-0.1, -0.05) is 0 Å². The highest BCUT2D eigenvalue weighted by Crippen LogP contribution is 2.30. The zero-order chi connectivity index (χ0) is 13.8. The van der Waals surface area contributed by atoms with Crippen molar-refractivity contribution in [3.8, 4) is 17.7 Å². The van der Waals surface area contributed by atoms with Crippen molar-refractivity contribution >= 4 is 5.97 Å². The second kappa shape index (κ2) is 5.40. The topological polar surface area (TPSA) is 48.4 Å². The van der Waals surface area contributed by atoms with Gasteiger partial charge in [-0.15, -0.1) is 0 Å². The SMILES string of the molecule is COC(=O)C#Cc1cc(C(F)(F)F)cnc1OC. The maximum Gasteiger partial charge on any atom is 0.417 e. The number of hydrogen-bond acceptors (Lipinski definition) is 4. The van der Waals surface area contributed by atoms with Crippen molar-refractivity contribution in [3.63, 3.8) is 0 Å². The van der Waals surface area contributed by atoms with E-state index < -0.39 is 17.7 Å². The smallest absolute Gasteiger partial charge is 0.417 e.